The third kappa shape index (κ3) is 10.8. The first kappa shape index (κ1) is 36.4. The van der Waals surface area contributed by atoms with Crippen molar-refractivity contribution in [2.45, 2.75) is 71.1 Å². The van der Waals surface area contributed by atoms with Crippen molar-refractivity contribution in [2.75, 3.05) is 19.6 Å². The summed E-state index contributed by atoms with van der Waals surface area (Å²) < 4.78 is 28.3. The minimum Gasteiger partial charge on any atom is -0.390 e. The molecule has 4 aromatic rings. The Kier molecular flexibility index (Phi) is 13.8. The minimum atomic E-state index is -1.11. The fourth-order valence-corrected chi connectivity index (χ4v) is 6.03. The number of carbonyl (C=O) groups is 2. The zero-order valence-corrected chi connectivity index (χ0v) is 28.1. The molecule has 0 aliphatic carbocycles. The van der Waals surface area contributed by atoms with Crippen molar-refractivity contribution in [3.8, 4) is 0 Å². The van der Waals surface area contributed by atoms with Crippen molar-refractivity contribution in [3.05, 3.63) is 142 Å². The summed E-state index contributed by atoms with van der Waals surface area (Å²) in [6.45, 7) is 7.19. The number of halogens is 2. The summed E-state index contributed by atoms with van der Waals surface area (Å²) in [5.74, 6) is -2.11. The molecule has 1 unspecified atom stereocenters. The smallest absolute Gasteiger partial charge is 0.253 e. The highest BCUT2D eigenvalue weighted by Gasteiger charge is 2.25. The van der Waals surface area contributed by atoms with E-state index >= 15 is 0 Å². The molecule has 0 fully saturated rings. The van der Waals surface area contributed by atoms with Crippen molar-refractivity contribution in [1.82, 2.24) is 15.5 Å². The molecule has 0 aromatic heterocycles. The molecule has 0 saturated carbocycles. The zero-order chi connectivity index (χ0) is 34.5. The topological polar surface area (TPSA) is 81.7 Å². The molecule has 3 N–H and O–H groups in total. The van der Waals surface area contributed by atoms with Gasteiger partial charge in [-0.1, -0.05) is 74.5 Å². The summed E-state index contributed by atoms with van der Waals surface area (Å²) in [6, 6.07) is 27.3. The van der Waals surface area contributed by atoms with Gasteiger partial charge in [0.1, 0.15) is 11.6 Å². The van der Waals surface area contributed by atoms with Crippen LogP contribution in [0, 0.1) is 18.6 Å². The first-order valence-corrected chi connectivity index (χ1v) is 16.8. The first-order valence-electron chi connectivity index (χ1n) is 16.8. The maximum absolute atomic E-state index is 14.2. The SMILES string of the molecule is CCCN(CCC)C(=O)c1cc(C)cc(C(=O)N[C@@H](Cc2cc(F)cc(F)c2)[C@H](O)CNC(CCc2ccccc2)c2ccccc2)c1. The standard InChI is InChI=1S/C40H47F2N3O3/c1-4-18-45(19-5-2)40(48)33-21-28(3)20-32(25-33)39(47)44-37(24-30-22-34(41)26-35(42)23-30)38(46)27-43-36(31-14-10-7-11-15-31)17-16-29-12-8-6-9-13-29/h6-15,20-23,25-26,36-38,43,46H,4-5,16-19,24,27H2,1-3H3,(H,44,47)/t36?,37-,38+/m0/s1. The van der Waals surface area contributed by atoms with E-state index in [2.05, 4.69) is 22.8 Å². The molecular weight excluding hydrogens is 608 g/mol. The zero-order valence-electron chi connectivity index (χ0n) is 28.1. The lowest BCUT2D eigenvalue weighted by molar-refractivity contribution is 0.0755. The molecule has 2 amide bonds. The van der Waals surface area contributed by atoms with Gasteiger partial charge in [-0.2, -0.15) is 0 Å². The molecule has 254 valence electrons. The second kappa shape index (κ2) is 18.2. The van der Waals surface area contributed by atoms with Gasteiger partial charge >= 0.3 is 0 Å². The molecular formula is C40H47F2N3O3. The number of aryl methyl sites for hydroxylation is 2. The number of aliphatic hydroxyl groups excluding tert-OH is 1. The summed E-state index contributed by atoms with van der Waals surface area (Å²) in [4.78, 5) is 28.9. The van der Waals surface area contributed by atoms with E-state index < -0.39 is 29.7 Å². The van der Waals surface area contributed by atoms with Crippen LogP contribution in [0.25, 0.3) is 0 Å². The summed E-state index contributed by atoms with van der Waals surface area (Å²) in [5.41, 5.74) is 3.99. The van der Waals surface area contributed by atoms with Gasteiger partial charge in [-0.25, -0.2) is 8.78 Å². The molecule has 3 atom stereocenters. The van der Waals surface area contributed by atoms with Crippen molar-refractivity contribution >= 4 is 11.8 Å². The lowest BCUT2D eigenvalue weighted by Gasteiger charge is -2.28. The van der Waals surface area contributed by atoms with Gasteiger partial charge in [-0.3, -0.25) is 9.59 Å². The van der Waals surface area contributed by atoms with Crippen LogP contribution >= 0.6 is 0 Å². The summed E-state index contributed by atoms with van der Waals surface area (Å²) in [7, 11) is 0. The van der Waals surface area contributed by atoms with Gasteiger partial charge in [0.25, 0.3) is 11.8 Å². The van der Waals surface area contributed by atoms with E-state index in [9.17, 15) is 23.5 Å². The van der Waals surface area contributed by atoms with Gasteiger partial charge in [-0.05, 0) is 91.6 Å². The van der Waals surface area contributed by atoms with E-state index in [1.54, 1.807) is 23.1 Å². The Morgan fingerprint density at radius 1 is 0.792 bits per heavy atom. The molecule has 0 aliphatic heterocycles. The molecule has 0 aliphatic rings. The van der Waals surface area contributed by atoms with Gasteiger partial charge in [0.05, 0.1) is 12.1 Å². The monoisotopic (exact) mass is 655 g/mol. The Balaban J connectivity index is 1.56. The number of nitrogens with one attached hydrogen (secondary N) is 2. The molecule has 0 saturated heterocycles. The molecule has 4 aromatic carbocycles. The van der Waals surface area contributed by atoms with Crippen molar-refractivity contribution in [1.29, 1.82) is 0 Å². The molecule has 6 nitrogen and oxygen atoms in total. The van der Waals surface area contributed by atoms with Crippen LogP contribution in [0.5, 0.6) is 0 Å². The highest BCUT2D eigenvalue weighted by Crippen LogP contribution is 2.21. The van der Waals surface area contributed by atoms with Crippen LogP contribution in [0.1, 0.15) is 82.1 Å². The minimum absolute atomic E-state index is 0.0122. The molecule has 0 spiro atoms. The van der Waals surface area contributed by atoms with Crippen molar-refractivity contribution in [3.63, 3.8) is 0 Å². The van der Waals surface area contributed by atoms with Crippen LogP contribution in [0.2, 0.25) is 0 Å². The fraction of sp³-hybridized carbons (Fsp3) is 0.350. The van der Waals surface area contributed by atoms with Gasteiger partial charge in [0.2, 0.25) is 0 Å². The van der Waals surface area contributed by atoms with Crippen LogP contribution in [0.15, 0.2) is 97.1 Å². The molecule has 0 radical (unpaired) electrons. The molecule has 0 heterocycles. The van der Waals surface area contributed by atoms with Crippen LogP contribution < -0.4 is 10.6 Å². The third-order valence-corrected chi connectivity index (χ3v) is 8.36. The highest BCUT2D eigenvalue weighted by molar-refractivity contribution is 6.00. The average molecular weight is 656 g/mol. The number of aliphatic hydroxyl groups is 1. The number of benzene rings is 4. The number of rotatable bonds is 17. The number of nitrogens with zero attached hydrogens (tertiary/aromatic N) is 1. The van der Waals surface area contributed by atoms with Crippen molar-refractivity contribution < 1.29 is 23.5 Å². The quantitative estimate of drug-likeness (QED) is 0.112. The normalized spacial score (nSPS) is 13.0. The number of hydrogen-bond acceptors (Lipinski definition) is 4. The van der Waals surface area contributed by atoms with Crippen molar-refractivity contribution in [2.24, 2.45) is 0 Å². The van der Waals surface area contributed by atoms with Gasteiger partial charge in [0, 0.05) is 42.9 Å². The Morgan fingerprint density at radius 3 is 2.02 bits per heavy atom. The van der Waals surface area contributed by atoms with E-state index in [1.807, 2.05) is 69.3 Å². The predicted octanol–water partition coefficient (Wildman–Crippen LogP) is 7.20. The van der Waals surface area contributed by atoms with Crippen LogP contribution in [0.4, 0.5) is 8.78 Å². The second-order valence-corrected chi connectivity index (χ2v) is 12.4. The maximum atomic E-state index is 14.2. The third-order valence-electron chi connectivity index (χ3n) is 8.36. The Bertz CT molecular complexity index is 1590. The lowest BCUT2D eigenvalue weighted by atomic mass is 9.97. The average Bonchev–Trinajstić information content (AvgIpc) is 3.07. The first-order chi connectivity index (χ1) is 23.2. The van der Waals surface area contributed by atoms with Gasteiger partial charge in [-0.15, -0.1) is 0 Å². The van der Waals surface area contributed by atoms with Crippen LogP contribution in [-0.4, -0.2) is 53.6 Å². The van der Waals surface area contributed by atoms with Gasteiger partial charge < -0.3 is 20.6 Å². The predicted molar refractivity (Wildman–Crippen MR) is 187 cm³/mol. The fourth-order valence-electron chi connectivity index (χ4n) is 6.03. The lowest BCUT2D eigenvalue weighted by Crippen LogP contribution is -2.49. The number of amides is 2. The van der Waals surface area contributed by atoms with Crippen LogP contribution in [0.3, 0.4) is 0 Å². The van der Waals surface area contributed by atoms with Crippen LogP contribution in [-0.2, 0) is 12.8 Å². The Morgan fingerprint density at radius 2 is 1.40 bits per heavy atom. The van der Waals surface area contributed by atoms with E-state index in [1.165, 1.54) is 17.7 Å². The number of carbonyl (C=O) groups excluding carboxylic acids is 2. The number of hydrogen-bond donors (Lipinski definition) is 3. The summed E-state index contributed by atoms with van der Waals surface area (Å²) >= 11 is 0. The van der Waals surface area contributed by atoms with E-state index in [4.69, 9.17) is 0 Å². The molecule has 48 heavy (non-hydrogen) atoms. The highest BCUT2D eigenvalue weighted by atomic mass is 19.1. The second-order valence-electron chi connectivity index (χ2n) is 12.4. The largest absolute Gasteiger partial charge is 0.390 e. The summed E-state index contributed by atoms with van der Waals surface area (Å²) in [5, 5.41) is 17.9. The van der Waals surface area contributed by atoms with E-state index in [0.717, 1.165) is 42.9 Å². The molecule has 8 heteroatoms. The van der Waals surface area contributed by atoms with Gasteiger partial charge in [0.15, 0.2) is 0 Å². The Hall–Kier alpha value is -4.40. The van der Waals surface area contributed by atoms with E-state index in [0.29, 0.717) is 24.2 Å². The molecule has 4 rings (SSSR count). The molecule has 0 bridgehead atoms. The summed E-state index contributed by atoms with van der Waals surface area (Å²) in [6.07, 6.45) is 2.09. The Labute approximate surface area is 283 Å². The van der Waals surface area contributed by atoms with E-state index in [-0.39, 0.29) is 30.5 Å². The maximum Gasteiger partial charge on any atom is 0.253 e.